The van der Waals surface area contributed by atoms with Crippen LogP contribution in [0.5, 0.6) is 0 Å². The average molecular weight is 295 g/mol. The Morgan fingerprint density at radius 1 is 1.30 bits per heavy atom. The zero-order chi connectivity index (χ0) is 14.5. The van der Waals surface area contributed by atoms with Gasteiger partial charge in [-0.15, -0.1) is 0 Å². The highest BCUT2D eigenvalue weighted by atomic mass is 35.5. The van der Waals surface area contributed by atoms with Crippen LogP contribution in [0.15, 0.2) is 18.2 Å². The molecule has 1 aromatic carbocycles. The van der Waals surface area contributed by atoms with Crippen LogP contribution in [-0.2, 0) is 6.54 Å². The summed E-state index contributed by atoms with van der Waals surface area (Å²) in [5.74, 6) is 0.657. The van der Waals surface area contributed by atoms with E-state index < -0.39 is 0 Å². The number of aryl methyl sites for hydroxylation is 1. The van der Waals surface area contributed by atoms with Gasteiger partial charge in [-0.05, 0) is 56.0 Å². The average Bonchev–Trinajstić information content (AvgIpc) is 2.48. The van der Waals surface area contributed by atoms with E-state index >= 15 is 0 Å². The van der Waals surface area contributed by atoms with Crippen molar-refractivity contribution in [1.82, 2.24) is 4.90 Å². The summed E-state index contributed by atoms with van der Waals surface area (Å²) < 4.78 is 0. The minimum atomic E-state index is 0.638. The lowest BCUT2D eigenvalue weighted by molar-refractivity contribution is 0.105. The van der Waals surface area contributed by atoms with Crippen molar-refractivity contribution >= 4 is 11.6 Å². The summed E-state index contributed by atoms with van der Waals surface area (Å²) in [5.41, 5.74) is 8.43. The molecule has 1 saturated carbocycles. The molecule has 1 fully saturated rings. The van der Waals surface area contributed by atoms with Gasteiger partial charge in [0.25, 0.3) is 0 Å². The Bertz CT molecular complexity index is 433. The van der Waals surface area contributed by atoms with E-state index in [2.05, 4.69) is 36.9 Å². The second-order valence-electron chi connectivity index (χ2n) is 5.99. The van der Waals surface area contributed by atoms with Crippen molar-refractivity contribution in [1.29, 1.82) is 0 Å². The third-order valence-electron chi connectivity index (χ3n) is 4.67. The van der Waals surface area contributed by atoms with Crippen molar-refractivity contribution in [3.05, 3.63) is 34.3 Å². The van der Waals surface area contributed by atoms with Gasteiger partial charge in [0.2, 0.25) is 0 Å². The number of nitrogens with zero attached hydrogens (tertiary/aromatic N) is 1. The van der Waals surface area contributed by atoms with Gasteiger partial charge in [0.15, 0.2) is 0 Å². The van der Waals surface area contributed by atoms with Crippen molar-refractivity contribution in [3.8, 4) is 0 Å². The molecule has 0 aliphatic heterocycles. The van der Waals surface area contributed by atoms with E-state index in [1.54, 1.807) is 0 Å². The molecule has 0 saturated heterocycles. The van der Waals surface area contributed by atoms with Crippen LogP contribution in [0.25, 0.3) is 0 Å². The summed E-state index contributed by atoms with van der Waals surface area (Å²) in [4.78, 5) is 2.58. The summed E-state index contributed by atoms with van der Waals surface area (Å²) in [6.45, 7) is 7.17. The maximum Gasteiger partial charge on any atom is 0.0438 e. The molecule has 0 aromatic heterocycles. The second kappa shape index (κ2) is 7.44. The van der Waals surface area contributed by atoms with Crippen LogP contribution < -0.4 is 5.73 Å². The van der Waals surface area contributed by atoms with Gasteiger partial charge in [-0.2, -0.15) is 0 Å². The Kier molecular flexibility index (Phi) is 5.88. The van der Waals surface area contributed by atoms with E-state index in [-0.39, 0.29) is 0 Å². The molecular formula is C17H27ClN2. The Balaban J connectivity index is 2.09. The van der Waals surface area contributed by atoms with Gasteiger partial charge in [0.1, 0.15) is 0 Å². The van der Waals surface area contributed by atoms with Gasteiger partial charge in [-0.3, -0.25) is 4.90 Å². The first-order chi connectivity index (χ1) is 9.65. The number of hydrogen-bond donors (Lipinski definition) is 1. The molecule has 2 nitrogen and oxygen atoms in total. The summed E-state index contributed by atoms with van der Waals surface area (Å²) >= 11 is 6.24. The lowest BCUT2D eigenvalue weighted by Crippen LogP contribution is -2.44. The highest BCUT2D eigenvalue weighted by Crippen LogP contribution is 2.29. The standard InChI is InChI=1S/C17H27ClN2/c1-3-20(17-7-5-4-6-15(17)11-19)12-14-9-8-13(2)16(18)10-14/h8-10,15,17H,3-7,11-12,19H2,1-2H3. The first-order valence-corrected chi connectivity index (χ1v) is 8.22. The van der Waals surface area contributed by atoms with Crippen LogP contribution in [0.2, 0.25) is 5.02 Å². The Hall–Kier alpha value is -0.570. The third-order valence-corrected chi connectivity index (χ3v) is 5.08. The molecule has 0 heterocycles. The fraction of sp³-hybridized carbons (Fsp3) is 0.647. The van der Waals surface area contributed by atoms with E-state index in [1.165, 1.54) is 31.2 Å². The first kappa shape index (κ1) is 15.8. The number of nitrogens with two attached hydrogens (primary N) is 1. The van der Waals surface area contributed by atoms with Gasteiger partial charge < -0.3 is 5.73 Å². The summed E-state index contributed by atoms with van der Waals surface area (Å²) in [5, 5.41) is 0.873. The quantitative estimate of drug-likeness (QED) is 0.890. The smallest absolute Gasteiger partial charge is 0.0438 e. The molecule has 1 aromatic rings. The highest BCUT2D eigenvalue weighted by molar-refractivity contribution is 6.31. The van der Waals surface area contributed by atoms with Crippen molar-refractivity contribution in [3.63, 3.8) is 0 Å². The molecular weight excluding hydrogens is 268 g/mol. The lowest BCUT2D eigenvalue weighted by atomic mass is 9.83. The molecule has 112 valence electrons. The molecule has 2 unspecified atom stereocenters. The minimum Gasteiger partial charge on any atom is -0.330 e. The number of benzene rings is 1. The zero-order valence-electron chi connectivity index (χ0n) is 12.7. The first-order valence-electron chi connectivity index (χ1n) is 7.84. The van der Waals surface area contributed by atoms with Gasteiger partial charge in [-0.25, -0.2) is 0 Å². The largest absolute Gasteiger partial charge is 0.330 e. The van der Waals surface area contributed by atoms with Crippen LogP contribution in [-0.4, -0.2) is 24.0 Å². The Labute approximate surface area is 128 Å². The minimum absolute atomic E-state index is 0.638. The van der Waals surface area contributed by atoms with Gasteiger partial charge in [0, 0.05) is 17.6 Å². The predicted molar refractivity (Wildman–Crippen MR) is 87.1 cm³/mol. The van der Waals surface area contributed by atoms with Crippen LogP contribution >= 0.6 is 11.6 Å². The van der Waals surface area contributed by atoms with E-state index in [1.807, 2.05) is 0 Å². The molecule has 2 N–H and O–H groups in total. The number of halogens is 1. The van der Waals surface area contributed by atoms with Crippen molar-refractivity contribution in [2.75, 3.05) is 13.1 Å². The molecule has 20 heavy (non-hydrogen) atoms. The monoisotopic (exact) mass is 294 g/mol. The molecule has 0 bridgehead atoms. The molecule has 0 radical (unpaired) electrons. The second-order valence-corrected chi connectivity index (χ2v) is 6.40. The predicted octanol–water partition coefficient (Wildman–Crippen LogP) is 3.99. The van der Waals surface area contributed by atoms with E-state index in [4.69, 9.17) is 17.3 Å². The summed E-state index contributed by atoms with van der Waals surface area (Å²) in [6, 6.07) is 7.07. The summed E-state index contributed by atoms with van der Waals surface area (Å²) in [6.07, 6.45) is 5.25. The van der Waals surface area contributed by atoms with Crippen molar-refractivity contribution in [2.45, 2.75) is 52.1 Å². The molecule has 2 atom stereocenters. The van der Waals surface area contributed by atoms with Crippen LogP contribution in [0.4, 0.5) is 0 Å². The highest BCUT2D eigenvalue weighted by Gasteiger charge is 2.28. The molecule has 2 rings (SSSR count). The maximum absolute atomic E-state index is 6.24. The molecule has 1 aliphatic rings. The topological polar surface area (TPSA) is 29.3 Å². The van der Waals surface area contributed by atoms with E-state index in [0.29, 0.717) is 12.0 Å². The number of hydrogen-bond acceptors (Lipinski definition) is 2. The Morgan fingerprint density at radius 3 is 2.70 bits per heavy atom. The van der Waals surface area contributed by atoms with Gasteiger partial charge in [0.05, 0.1) is 0 Å². The van der Waals surface area contributed by atoms with Crippen LogP contribution in [0.1, 0.15) is 43.7 Å². The third kappa shape index (κ3) is 3.75. The lowest BCUT2D eigenvalue weighted by Gasteiger charge is -2.39. The Morgan fingerprint density at radius 2 is 2.05 bits per heavy atom. The molecule has 0 spiro atoms. The SMILES string of the molecule is CCN(Cc1ccc(C)c(Cl)c1)C1CCCCC1CN. The fourth-order valence-electron chi connectivity index (χ4n) is 3.38. The fourth-order valence-corrected chi connectivity index (χ4v) is 3.58. The normalized spacial score (nSPS) is 23.2. The molecule has 0 amide bonds. The maximum atomic E-state index is 6.24. The summed E-state index contributed by atoms with van der Waals surface area (Å²) in [7, 11) is 0. The molecule has 1 aliphatic carbocycles. The van der Waals surface area contributed by atoms with E-state index in [9.17, 15) is 0 Å². The zero-order valence-corrected chi connectivity index (χ0v) is 13.5. The van der Waals surface area contributed by atoms with Crippen LogP contribution in [0, 0.1) is 12.8 Å². The van der Waals surface area contributed by atoms with Gasteiger partial charge >= 0.3 is 0 Å². The van der Waals surface area contributed by atoms with Crippen molar-refractivity contribution in [2.24, 2.45) is 11.7 Å². The van der Waals surface area contributed by atoms with Crippen LogP contribution in [0.3, 0.4) is 0 Å². The molecule has 3 heteroatoms. The number of rotatable bonds is 5. The van der Waals surface area contributed by atoms with Gasteiger partial charge in [-0.1, -0.05) is 43.5 Å². The van der Waals surface area contributed by atoms with Crippen molar-refractivity contribution < 1.29 is 0 Å². The van der Waals surface area contributed by atoms with E-state index in [0.717, 1.165) is 30.2 Å².